The first-order chi connectivity index (χ1) is 4.79. The number of primary amides is 1. The highest BCUT2D eigenvalue weighted by molar-refractivity contribution is 8.00. The quantitative estimate of drug-likeness (QED) is 0.589. The fourth-order valence-corrected chi connectivity index (χ4v) is 1.89. The molecule has 1 unspecified atom stereocenters. The second kappa shape index (κ2) is 3.83. The van der Waals surface area contributed by atoms with Crippen LogP contribution in [0, 0.1) is 0 Å². The molecule has 1 amide bonds. The van der Waals surface area contributed by atoms with Crippen LogP contribution in [-0.4, -0.2) is 30.0 Å². The third kappa shape index (κ3) is 2.58. The van der Waals surface area contributed by atoms with Crippen LogP contribution in [0.2, 0.25) is 0 Å². The molecule has 0 spiro atoms. The van der Waals surface area contributed by atoms with E-state index in [2.05, 4.69) is 5.32 Å². The summed E-state index contributed by atoms with van der Waals surface area (Å²) in [4.78, 5) is 10.3. The molecule has 10 heavy (non-hydrogen) atoms. The molecule has 0 saturated carbocycles. The van der Waals surface area contributed by atoms with E-state index in [4.69, 9.17) is 5.73 Å². The lowest BCUT2D eigenvalue weighted by molar-refractivity contribution is -0.115. The van der Waals surface area contributed by atoms with Crippen molar-refractivity contribution in [1.82, 2.24) is 5.32 Å². The first-order valence-electron chi connectivity index (χ1n) is 3.39. The summed E-state index contributed by atoms with van der Waals surface area (Å²) in [6.07, 6.45) is 1.16. The maximum atomic E-state index is 10.3. The molecule has 0 radical (unpaired) electrons. The lowest BCUT2D eigenvalue weighted by atomic mass is 10.4. The Bertz CT molecular complexity index is 123. The van der Waals surface area contributed by atoms with Crippen molar-refractivity contribution in [2.45, 2.75) is 11.7 Å². The van der Waals surface area contributed by atoms with Crippen molar-refractivity contribution >= 4 is 17.7 Å². The van der Waals surface area contributed by atoms with E-state index in [-0.39, 0.29) is 5.91 Å². The predicted octanol–water partition coefficient (Wildman–Crippen LogP) is -0.433. The molecule has 1 heterocycles. The third-order valence-electron chi connectivity index (χ3n) is 1.48. The number of carbonyl (C=O) groups is 1. The standard InChI is InChI=1S/C6H12N2OS/c7-6(9)4-10-5-1-2-8-3-5/h5,8H,1-4H2,(H2,7,9). The maximum Gasteiger partial charge on any atom is 0.227 e. The van der Waals surface area contributed by atoms with Crippen LogP contribution in [0.4, 0.5) is 0 Å². The Balaban J connectivity index is 2.07. The van der Waals surface area contributed by atoms with Gasteiger partial charge in [-0.15, -0.1) is 11.8 Å². The van der Waals surface area contributed by atoms with Crippen molar-refractivity contribution in [2.75, 3.05) is 18.8 Å². The van der Waals surface area contributed by atoms with E-state index < -0.39 is 0 Å². The SMILES string of the molecule is NC(=O)CSC1CCNC1. The first-order valence-corrected chi connectivity index (χ1v) is 4.44. The molecule has 58 valence electrons. The van der Waals surface area contributed by atoms with E-state index in [0.29, 0.717) is 11.0 Å². The maximum absolute atomic E-state index is 10.3. The van der Waals surface area contributed by atoms with E-state index in [1.54, 1.807) is 11.8 Å². The Hall–Kier alpha value is -0.220. The van der Waals surface area contributed by atoms with E-state index in [0.717, 1.165) is 19.5 Å². The lowest BCUT2D eigenvalue weighted by Crippen LogP contribution is -2.17. The van der Waals surface area contributed by atoms with Gasteiger partial charge in [-0.25, -0.2) is 0 Å². The zero-order chi connectivity index (χ0) is 7.40. The Kier molecular flexibility index (Phi) is 3.02. The number of nitrogens with one attached hydrogen (secondary N) is 1. The second-order valence-corrected chi connectivity index (χ2v) is 3.68. The van der Waals surface area contributed by atoms with Crippen molar-refractivity contribution in [3.05, 3.63) is 0 Å². The minimum atomic E-state index is -0.211. The molecular formula is C6H12N2OS. The molecule has 1 aliphatic rings. The van der Waals surface area contributed by atoms with Crippen molar-refractivity contribution in [1.29, 1.82) is 0 Å². The highest BCUT2D eigenvalue weighted by Gasteiger charge is 2.14. The summed E-state index contributed by atoms with van der Waals surface area (Å²) in [6.45, 7) is 2.11. The monoisotopic (exact) mass is 160 g/mol. The van der Waals surface area contributed by atoms with Crippen LogP contribution in [0.25, 0.3) is 0 Å². The molecule has 1 aliphatic heterocycles. The number of nitrogens with two attached hydrogens (primary N) is 1. The average molecular weight is 160 g/mol. The van der Waals surface area contributed by atoms with Crippen LogP contribution in [0.15, 0.2) is 0 Å². The molecule has 1 fully saturated rings. The van der Waals surface area contributed by atoms with E-state index in [1.165, 1.54) is 0 Å². The van der Waals surface area contributed by atoms with Crippen LogP contribution < -0.4 is 11.1 Å². The highest BCUT2D eigenvalue weighted by atomic mass is 32.2. The van der Waals surface area contributed by atoms with Gasteiger partial charge >= 0.3 is 0 Å². The summed E-state index contributed by atoms with van der Waals surface area (Å²) in [5.74, 6) is 0.253. The van der Waals surface area contributed by atoms with Gasteiger partial charge in [0.15, 0.2) is 0 Å². The molecule has 0 aromatic carbocycles. The van der Waals surface area contributed by atoms with Crippen molar-refractivity contribution in [3.8, 4) is 0 Å². The van der Waals surface area contributed by atoms with Crippen molar-refractivity contribution in [3.63, 3.8) is 0 Å². The molecule has 1 rings (SSSR count). The topological polar surface area (TPSA) is 55.1 Å². The third-order valence-corrected chi connectivity index (χ3v) is 2.80. The molecule has 1 saturated heterocycles. The minimum absolute atomic E-state index is 0.211. The zero-order valence-electron chi connectivity index (χ0n) is 5.80. The second-order valence-electron chi connectivity index (χ2n) is 2.39. The summed E-state index contributed by atoms with van der Waals surface area (Å²) in [5.41, 5.74) is 4.99. The van der Waals surface area contributed by atoms with Gasteiger partial charge in [0.25, 0.3) is 0 Å². The van der Waals surface area contributed by atoms with Crippen molar-refractivity contribution < 1.29 is 4.79 Å². The fourth-order valence-electron chi connectivity index (χ4n) is 0.970. The molecular weight excluding hydrogens is 148 g/mol. The highest BCUT2D eigenvalue weighted by Crippen LogP contribution is 2.16. The lowest BCUT2D eigenvalue weighted by Gasteiger charge is -2.03. The molecule has 0 aliphatic carbocycles. The fraction of sp³-hybridized carbons (Fsp3) is 0.833. The molecule has 4 heteroatoms. The van der Waals surface area contributed by atoms with E-state index >= 15 is 0 Å². The van der Waals surface area contributed by atoms with Gasteiger partial charge in [-0.1, -0.05) is 0 Å². The number of hydrogen-bond donors (Lipinski definition) is 2. The van der Waals surface area contributed by atoms with Gasteiger partial charge in [0.2, 0.25) is 5.91 Å². The first kappa shape index (κ1) is 7.88. The number of amides is 1. The van der Waals surface area contributed by atoms with Gasteiger partial charge in [0, 0.05) is 11.8 Å². The predicted molar refractivity (Wildman–Crippen MR) is 42.9 cm³/mol. The van der Waals surface area contributed by atoms with Crippen LogP contribution in [-0.2, 0) is 4.79 Å². The van der Waals surface area contributed by atoms with Crippen molar-refractivity contribution in [2.24, 2.45) is 5.73 Å². The van der Waals surface area contributed by atoms with Gasteiger partial charge in [-0.3, -0.25) is 4.79 Å². The number of carbonyl (C=O) groups excluding carboxylic acids is 1. The van der Waals surface area contributed by atoms with E-state index in [1.807, 2.05) is 0 Å². The number of thioether (sulfide) groups is 1. The molecule has 0 aromatic heterocycles. The average Bonchev–Trinajstić information content (AvgIpc) is 2.34. The Morgan fingerprint density at radius 2 is 2.60 bits per heavy atom. The van der Waals surface area contributed by atoms with Gasteiger partial charge < -0.3 is 11.1 Å². The van der Waals surface area contributed by atoms with Crippen LogP contribution in [0.3, 0.4) is 0 Å². The summed E-state index contributed by atoms with van der Waals surface area (Å²) in [7, 11) is 0. The van der Waals surface area contributed by atoms with Crippen LogP contribution in [0.1, 0.15) is 6.42 Å². The smallest absolute Gasteiger partial charge is 0.227 e. The molecule has 3 N–H and O–H groups in total. The Morgan fingerprint density at radius 1 is 1.80 bits per heavy atom. The van der Waals surface area contributed by atoms with E-state index in [9.17, 15) is 4.79 Å². The van der Waals surface area contributed by atoms with Gasteiger partial charge in [-0.2, -0.15) is 0 Å². The molecule has 0 bridgehead atoms. The summed E-state index contributed by atoms with van der Waals surface area (Å²) in [5, 5.41) is 3.83. The molecule has 3 nitrogen and oxygen atoms in total. The normalized spacial score (nSPS) is 25.0. The molecule has 0 aromatic rings. The summed E-state index contributed by atoms with van der Waals surface area (Å²) >= 11 is 1.66. The van der Waals surface area contributed by atoms with Gasteiger partial charge in [-0.05, 0) is 13.0 Å². The van der Waals surface area contributed by atoms with Gasteiger partial charge in [0.05, 0.1) is 5.75 Å². The number of rotatable bonds is 3. The minimum Gasteiger partial charge on any atom is -0.369 e. The summed E-state index contributed by atoms with van der Waals surface area (Å²) in [6, 6.07) is 0. The summed E-state index contributed by atoms with van der Waals surface area (Å²) < 4.78 is 0. The van der Waals surface area contributed by atoms with Crippen LogP contribution >= 0.6 is 11.8 Å². The largest absolute Gasteiger partial charge is 0.369 e. The van der Waals surface area contributed by atoms with Crippen LogP contribution in [0.5, 0.6) is 0 Å². The van der Waals surface area contributed by atoms with Gasteiger partial charge in [0.1, 0.15) is 0 Å². The number of hydrogen-bond acceptors (Lipinski definition) is 3. The zero-order valence-corrected chi connectivity index (χ0v) is 6.62. The Morgan fingerprint density at radius 3 is 3.10 bits per heavy atom. The molecule has 1 atom stereocenters. The Labute approximate surface area is 64.7 Å².